The molecule has 0 aromatic heterocycles. The summed E-state index contributed by atoms with van der Waals surface area (Å²) in [6.45, 7) is 2.89. The van der Waals surface area contributed by atoms with Gasteiger partial charge in [0.25, 0.3) is 0 Å². The molecule has 0 radical (unpaired) electrons. The number of nitrogens with zero attached hydrogens (tertiary/aromatic N) is 2. The van der Waals surface area contributed by atoms with E-state index in [1.807, 2.05) is 56.6 Å². The molecular weight excluding hydrogens is 348 g/mol. The maximum atomic E-state index is 13.4. The van der Waals surface area contributed by atoms with Crippen LogP contribution in [-0.4, -0.2) is 37.4 Å². The maximum Gasteiger partial charge on any atom is 0.237 e. The lowest BCUT2D eigenvalue weighted by Gasteiger charge is -2.29. The van der Waals surface area contributed by atoms with Gasteiger partial charge in [-0.25, -0.2) is 0 Å². The van der Waals surface area contributed by atoms with Crippen LogP contribution in [0.2, 0.25) is 0 Å². The number of rotatable bonds is 8. The van der Waals surface area contributed by atoms with Gasteiger partial charge in [-0.15, -0.1) is 0 Å². The number of anilines is 1. The molecular formula is C24H30N2O2. The van der Waals surface area contributed by atoms with E-state index in [0.29, 0.717) is 19.3 Å². The molecule has 1 aliphatic heterocycles. The van der Waals surface area contributed by atoms with E-state index in [4.69, 9.17) is 0 Å². The Morgan fingerprint density at radius 3 is 2.46 bits per heavy atom. The molecule has 1 heterocycles. The second kappa shape index (κ2) is 8.59. The summed E-state index contributed by atoms with van der Waals surface area (Å²) in [7, 11) is 3.70. The summed E-state index contributed by atoms with van der Waals surface area (Å²) in [6.07, 6.45) is 3.58. The Morgan fingerprint density at radius 2 is 1.75 bits per heavy atom. The van der Waals surface area contributed by atoms with E-state index in [1.54, 1.807) is 9.80 Å². The van der Waals surface area contributed by atoms with Gasteiger partial charge < -0.3 is 9.80 Å². The number of carbonyl (C=O) groups excluding carboxylic acids is 2. The fourth-order valence-corrected chi connectivity index (χ4v) is 4.19. The third-order valence-electron chi connectivity index (χ3n) is 5.88. The van der Waals surface area contributed by atoms with Gasteiger partial charge >= 0.3 is 0 Å². The molecule has 0 N–H and O–H groups in total. The first-order chi connectivity index (χ1) is 13.5. The van der Waals surface area contributed by atoms with E-state index in [2.05, 4.69) is 19.1 Å². The molecule has 4 heteroatoms. The van der Waals surface area contributed by atoms with Crippen LogP contribution in [0.4, 0.5) is 5.69 Å². The van der Waals surface area contributed by atoms with Crippen LogP contribution in [0.25, 0.3) is 0 Å². The lowest BCUT2D eigenvalue weighted by atomic mass is 9.73. The molecule has 2 aromatic rings. The largest absolute Gasteiger partial charge is 0.346 e. The van der Waals surface area contributed by atoms with E-state index in [-0.39, 0.29) is 11.8 Å². The summed E-state index contributed by atoms with van der Waals surface area (Å²) in [4.78, 5) is 29.7. The van der Waals surface area contributed by atoms with Crippen molar-refractivity contribution in [1.29, 1.82) is 0 Å². The number of para-hydroxylation sites is 1. The summed E-state index contributed by atoms with van der Waals surface area (Å²) in [6, 6.07) is 18.1. The molecule has 0 saturated heterocycles. The normalized spacial score (nSPS) is 18.2. The zero-order chi connectivity index (χ0) is 20.1. The Kier molecular flexibility index (Phi) is 6.18. The monoisotopic (exact) mass is 378 g/mol. The number of likely N-dealkylation sites (N-methyl/N-ethyl adjacent to an activating group) is 1. The van der Waals surface area contributed by atoms with Crippen LogP contribution in [0.15, 0.2) is 54.6 Å². The maximum absolute atomic E-state index is 13.4. The highest BCUT2D eigenvalue weighted by Gasteiger charge is 2.49. The average Bonchev–Trinajstić information content (AvgIpc) is 2.93. The van der Waals surface area contributed by atoms with E-state index in [9.17, 15) is 9.59 Å². The number of fused-ring (bicyclic) bond motifs is 1. The van der Waals surface area contributed by atoms with Crippen molar-refractivity contribution in [2.75, 3.05) is 25.5 Å². The number of carbonyl (C=O) groups is 2. The van der Waals surface area contributed by atoms with Crippen molar-refractivity contribution >= 4 is 17.5 Å². The minimum Gasteiger partial charge on any atom is -0.346 e. The highest BCUT2D eigenvalue weighted by atomic mass is 16.2. The third kappa shape index (κ3) is 3.82. The lowest BCUT2D eigenvalue weighted by molar-refractivity contribution is -0.131. The van der Waals surface area contributed by atoms with Crippen molar-refractivity contribution in [3.05, 3.63) is 65.7 Å². The Balaban J connectivity index is 1.91. The highest BCUT2D eigenvalue weighted by Crippen LogP contribution is 2.46. The van der Waals surface area contributed by atoms with Crippen molar-refractivity contribution in [3.63, 3.8) is 0 Å². The molecule has 3 rings (SSSR count). The van der Waals surface area contributed by atoms with Crippen molar-refractivity contribution < 1.29 is 9.59 Å². The minimum absolute atomic E-state index is 0.0848. The van der Waals surface area contributed by atoms with E-state index >= 15 is 0 Å². The number of amides is 2. The summed E-state index contributed by atoms with van der Waals surface area (Å²) in [5.74, 6) is 0.197. The zero-order valence-corrected chi connectivity index (χ0v) is 17.1. The van der Waals surface area contributed by atoms with Gasteiger partial charge in [0, 0.05) is 32.7 Å². The Bertz CT molecular complexity index is 834. The fourth-order valence-electron chi connectivity index (χ4n) is 4.19. The summed E-state index contributed by atoms with van der Waals surface area (Å²) < 4.78 is 0. The number of hydrogen-bond acceptors (Lipinski definition) is 2. The molecule has 2 amide bonds. The highest BCUT2D eigenvalue weighted by molar-refractivity contribution is 6.08. The van der Waals surface area contributed by atoms with Gasteiger partial charge in [0.15, 0.2) is 0 Å². The predicted molar refractivity (Wildman–Crippen MR) is 113 cm³/mol. The third-order valence-corrected chi connectivity index (χ3v) is 5.88. The van der Waals surface area contributed by atoms with Crippen LogP contribution in [0.3, 0.4) is 0 Å². The van der Waals surface area contributed by atoms with Crippen molar-refractivity contribution in [2.24, 2.45) is 0 Å². The van der Waals surface area contributed by atoms with Crippen LogP contribution in [0.5, 0.6) is 0 Å². The topological polar surface area (TPSA) is 40.6 Å². The molecule has 148 valence electrons. The van der Waals surface area contributed by atoms with Crippen molar-refractivity contribution in [1.82, 2.24) is 4.90 Å². The van der Waals surface area contributed by atoms with Crippen molar-refractivity contribution in [2.45, 2.75) is 44.4 Å². The van der Waals surface area contributed by atoms with Gasteiger partial charge in [-0.3, -0.25) is 9.59 Å². The van der Waals surface area contributed by atoms with Crippen molar-refractivity contribution in [3.8, 4) is 0 Å². The van der Waals surface area contributed by atoms with Crippen LogP contribution < -0.4 is 4.90 Å². The Morgan fingerprint density at radius 1 is 1.07 bits per heavy atom. The SMILES string of the molecule is CCCCN(C)C(=O)CC[C@@]1(Cc2ccccc2)C(=O)N(C)c2ccccc21. The Hall–Kier alpha value is -2.62. The van der Waals surface area contributed by atoms with Crippen LogP contribution in [0.1, 0.15) is 43.7 Å². The number of benzene rings is 2. The standard InChI is InChI=1S/C24H30N2O2/c1-4-5-17-25(2)22(27)15-16-24(18-19-11-7-6-8-12-19)20-13-9-10-14-21(20)26(3)23(24)28/h6-14H,4-5,15-18H2,1-3H3/t24-/m0/s1. The van der Waals surface area contributed by atoms with E-state index < -0.39 is 5.41 Å². The summed E-state index contributed by atoms with van der Waals surface area (Å²) in [5, 5.41) is 0. The molecule has 2 aromatic carbocycles. The molecule has 4 nitrogen and oxygen atoms in total. The smallest absolute Gasteiger partial charge is 0.237 e. The summed E-state index contributed by atoms with van der Waals surface area (Å²) in [5.41, 5.74) is 2.42. The first kappa shape index (κ1) is 20.1. The molecule has 0 bridgehead atoms. The van der Waals surface area contributed by atoms with Gasteiger partial charge in [-0.2, -0.15) is 0 Å². The van der Waals surface area contributed by atoms with Crippen LogP contribution in [0, 0.1) is 0 Å². The lowest BCUT2D eigenvalue weighted by Crippen LogP contribution is -2.41. The summed E-state index contributed by atoms with van der Waals surface area (Å²) >= 11 is 0. The van der Waals surface area contributed by atoms with Gasteiger partial charge in [0.2, 0.25) is 11.8 Å². The molecule has 28 heavy (non-hydrogen) atoms. The first-order valence-corrected chi connectivity index (χ1v) is 10.1. The quantitative estimate of drug-likeness (QED) is 0.691. The minimum atomic E-state index is -0.687. The molecule has 0 saturated carbocycles. The predicted octanol–water partition coefficient (Wildman–Crippen LogP) is 4.18. The average molecular weight is 379 g/mol. The Labute approximate surface area is 168 Å². The number of hydrogen-bond donors (Lipinski definition) is 0. The molecule has 1 atom stereocenters. The van der Waals surface area contributed by atoms with Gasteiger partial charge in [-0.1, -0.05) is 61.9 Å². The number of unbranched alkanes of at least 4 members (excludes halogenated alkanes) is 1. The molecule has 0 unspecified atom stereocenters. The molecule has 0 spiro atoms. The van der Waals surface area contributed by atoms with E-state index in [0.717, 1.165) is 36.2 Å². The van der Waals surface area contributed by atoms with Gasteiger partial charge in [-0.05, 0) is 36.5 Å². The fraction of sp³-hybridized carbons (Fsp3) is 0.417. The van der Waals surface area contributed by atoms with Gasteiger partial charge in [0.05, 0.1) is 5.41 Å². The second-order valence-electron chi connectivity index (χ2n) is 7.79. The van der Waals surface area contributed by atoms with Crippen LogP contribution in [-0.2, 0) is 21.4 Å². The molecule has 0 fully saturated rings. The molecule has 1 aliphatic rings. The first-order valence-electron chi connectivity index (χ1n) is 10.1. The second-order valence-corrected chi connectivity index (χ2v) is 7.79. The zero-order valence-electron chi connectivity index (χ0n) is 17.1. The van der Waals surface area contributed by atoms with Gasteiger partial charge in [0.1, 0.15) is 0 Å². The van der Waals surface area contributed by atoms with E-state index in [1.165, 1.54) is 0 Å². The molecule has 0 aliphatic carbocycles. The van der Waals surface area contributed by atoms with Crippen LogP contribution >= 0.6 is 0 Å².